The molecule has 21 heavy (non-hydrogen) atoms. The molecule has 1 atom stereocenters. The summed E-state index contributed by atoms with van der Waals surface area (Å²) in [5.74, 6) is 0. The topological polar surface area (TPSA) is 29.9 Å². The van der Waals surface area contributed by atoms with Gasteiger partial charge in [-0.2, -0.15) is 5.10 Å². The van der Waals surface area contributed by atoms with Crippen LogP contribution in [0, 0.1) is 0 Å². The maximum atomic E-state index is 4.48. The minimum absolute atomic E-state index is 0.261. The molecule has 3 rings (SSSR count). The molecule has 0 amide bonds. The van der Waals surface area contributed by atoms with Gasteiger partial charge in [-0.25, -0.2) is 4.68 Å². The third-order valence-corrected chi connectivity index (χ3v) is 5.40. The van der Waals surface area contributed by atoms with Crippen LogP contribution in [0.25, 0.3) is 5.69 Å². The van der Waals surface area contributed by atoms with Crippen molar-refractivity contribution in [3.8, 4) is 5.69 Å². The highest BCUT2D eigenvalue weighted by Crippen LogP contribution is 2.28. The summed E-state index contributed by atoms with van der Waals surface area (Å²) < 4.78 is 3.10. The van der Waals surface area contributed by atoms with Crippen LogP contribution in [0.4, 0.5) is 0 Å². The third kappa shape index (κ3) is 3.26. The first-order chi connectivity index (χ1) is 10.3. The van der Waals surface area contributed by atoms with Crippen LogP contribution in [0.15, 0.2) is 58.6 Å². The highest BCUT2D eigenvalue weighted by atomic mass is 79.9. The van der Waals surface area contributed by atoms with Crippen LogP contribution in [0.2, 0.25) is 0 Å². The molecule has 0 radical (unpaired) electrons. The van der Waals surface area contributed by atoms with Gasteiger partial charge in [0.25, 0.3) is 0 Å². The van der Waals surface area contributed by atoms with E-state index >= 15 is 0 Å². The van der Waals surface area contributed by atoms with Crippen LogP contribution in [-0.2, 0) is 6.42 Å². The Morgan fingerprint density at radius 3 is 2.76 bits per heavy atom. The number of rotatable bonds is 5. The van der Waals surface area contributed by atoms with E-state index in [0.29, 0.717) is 0 Å². The number of nitrogens with zero attached hydrogens (tertiary/aromatic N) is 2. The van der Waals surface area contributed by atoms with Gasteiger partial charge in [-0.3, -0.25) is 0 Å². The number of nitrogens with one attached hydrogen (secondary N) is 1. The average Bonchev–Trinajstić information content (AvgIpc) is 3.15. The normalized spacial score (nSPS) is 12.5. The molecule has 0 saturated carbocycles. The predicted molar refractivity (Wildman–Crippen MR) is 91.1 cm³/mol. The van der Waals surface area contributed by atoms with E-state index in [4.69, 9.17) is 0 Å². The van der Waals surface area contributed by atoms with Gasteiger partial charge in [-0.05, 0) is 46.6 Å². The Morgan fingerprint density at radius 1 is 1.29 bits per heavy atom. The zero-order chi connectivity index (χ0) is 14.7. The van der Waals surface area contributed by atoms with Gasteiger partial charge in [0.05, 0.1) is 11.9 Å². The summed E-state index contributed by atoms with van der Waals surface area (Å²) in [6.07, 6.45) is 4.99. The van der Waals surface area contributed by atoms with Crippen molar-refractivity contribution in [3.63, 3.8) is 0 Å². The summed E-state index contributed by atoms with van der Waals surface area (Å²) in [5, 5.41) is 9.97. The zero-order valence-corrected chi connectivity index (χ0v) is 14.1. The van der Waals surface area contributed by atoms with E-state index in [1.165, 1.54) is 14.9 Å². The van der Waals surface area contributed by atoms with E-state index in [1.54, 1.807) is 11.3 Å². The number of likely N-dealkylation sites (N-methyl/N-ethyl adjacent to an activating group) is 1. The molecule has 2 heterocycles. The van der Waals surface area contributed by atoms with Crippen molar-refractivity contribution < 1.29 is 0 Å². The maximum absolute atomic E-state index is 4.48. The molecule has 3 nitrogen and oxygen atoms in total. The smallest absolute Gasteiger partial charge is 0.0645 e. The van der Waals surface area contributed by atoms with Gasteiger partial charge >= 0.3 is 0 Å². The maximum Gasteiger partial charge on any atom is 0.0645 e. The van der Waals surface area contributed by atoms with Crippen LogP contribution >= 0.6 is 27.3 Å². The van der Waals surface area contributed by atoms with Crippen molar-refractivity contribution in [3.05, 3.63) is 69.1 Å². The quantitative estimate of drug-likeness (QED) is 0.737. The lowest BCUT2D eigenvalue weighted by Gasteiger charge is -2.13. The van der Waals surface area contributed by atoms with Crippen molar-refractivity contribution >= 4 is 27.3 Å². The van der Waals surface area contributed by atoms with Gasteiger partial charge in [0, 0.05) is 33.6 Å². The molecule has 0 aliphatic heterocycles. The molecular weight excluding hydrogens is 346 g/mol. The van der Waals surface area contributed by atoms with Crippen LogP contribution in [-0.4, -0.2) is 16.8 Å². The molecule has 2 aromatic heterocycles. The Labute approximate surface area is 136 Å². The molecule has 1 aromatic carbocycles. The summed E-state index contributed by atoms with van der Waals surface area (Å²) in [5.41, 5.74) is 2.28. The second-order valence-corrected chi connectivity index (χ2v) is 6.65. The zero-order valence-electron chi connectivity index (χ0n) is 11.7. The molecule has 0 spiro atoms. The minimum atomic E-state index is 0.261. The van der Waals surface area contributed by atoms with Crippen LogP contribution in [0.5, 0.6) is 0 Å². The summed E-state index contributed by atoms with van der Waals surface area (Å²) in [6, 6.07) is 12.5. The first-order valence-electron chi connectivity index (χ1n) is 6.77. The number of aromatic nitrogens is 2. The van der Waals surface area contributed by atoms with E-state index in [1.807, 2.05) is 36.1 Å². The van der Waals surface area contributed by atoms with E-state index in [0.717, 1.165) is 12.1 Å². The summed E-state index contributed by atoms with van der Waals surface area (Å²) in [6.45, 7) is 0. The Bertz CT molecular complexity index is 705. The second kappa shape index (κ2) is 6.56. The van der Waals surface area contributed by atoms with Gasteiger partial charge in [0.15, 0.2) is 0 Å². The first kappa shape index (κ1) is 14.5. The fourth-order valence-electron chi connectivity index (χ4n) is 2.28. The SMILES string of the molecule is CNC(Cc1sccc1Br)c1cnn(-c2ccccc2)c1. The van der Waals surface area contributed by atoms with Crippen molar-refractivity contribution in [1.29, 1.82) is 0 Å². The molecule has 0 fully saturated rings. The Hall–Kier alpha value is -1.43. The number of hydrogen-bond donors (Lipinski definition) is 1. The molecule has 1 unspecified atom stereocenters. The van der Waals surface area contributed by atoms with Gasteiger partial charge in [0.2, 0.25) is 0 Å². The number of para-hydroxylation sites is 1. The Balaban J connectivity index is 1.82. The molecule has 0 aliphatic rings. The van der Waals surface area contributed by atoms with E-state index in [-0.39, 0.29) is 6.04 Å². The molecule has 108 valence electrons. The van der Waals surface area contributed by atoms with E-state index < -0.39 is 0 Å². The largest absolute Gasteiger partial charge is 0.313 e. The fourth-order valence-corrected chi connectivity index (χ4v) is 3.84. The van der Waals surface area contributed by atoms with Gasteiger partial charge in [0.1, 0.15) is 0 Å². The molecular formula is C16H16BrN3S. The Kier molecular flexibility index (Phi) is 4.53. The molecule has 0 saturated heterocycles. The molecule has 3 aromatic rings. The summed E-state index contributed by atoms with van der Waals surface area (Å²) >= 11 is 5.38. The lowest BCUT2D eigenvalue weighted by Crippen LogP contribution is -2.18. The van der Waals surface area contributed by atoms with Crippen molar-refractivity contribution in [2.24, 2.45) is 0 Å². The molecule has 5 heteroatoms. The van der Waals surface area contributed by atoms with Crippen molar-refractivity contribution in [2.45, 2.75) is 12.5 Å². The fraction of sp³-hybridized carbons (Fsp3) is 0.188. The molecule has 1 N–H and O–H groups in total. The van der Waals surface area contributed by atoms with Crippen molar-refractivity contribution in [1.82, 2.24) is 15.1 Å². The summed E-state index contributed by atoms with van der Waals surface area (Å²) in [4.78, 5) is 1.35. The van der Waals surface area contributed by atoms with Crippen LogP contribution < -0.4 is 5.32 Å². The lowest BCUT2D eigenvalue weighted by molar-refractivity contribution is 0.595. The standard InChI is InChI=1S/C16H16BrN3S/c1-18-15(9-16-14(17)7-8-21-16)12-10-19-20(11-12)13-5-3-2-4-6-13/h2-8,10-11,15,18H,9H2,1H3. The average molecular weight is 362 g/mol. The number of halogens is 1. The number of benzene rings is 1. The lowest BCUT2D eigenvalue weighted by atomic mass is 10.1. The van der Waals surface area contributed by atoms with Crippen LogP contribution in [0.3, 0.4) is 0 Å². The van der Waals surface area contributed by atoms with Gasteiger partial charge in [-0.1, -0.05) is 18.2 Å². The third-order valence-electron chi connectivity index (χ3n) is 3.45. The van der Waals surface area contributed by atoms with E-state index in [9.17, 15) is 0 Å². The number of hydrogen-bond acceptors (Lipinski definition) is 3. The number of thiophene rings is 1. The predicted octanol–water partition coefficient (Wildman–Crippen LogP) is 4.20. The summed E-state index contributed by atoms with van der Waals surface area (Å²) in [7, 11) is 1.99. The van der Waals surface area contributed by atoms with Crippen molar-refractivity contribution in [2.75, 3.05) is 7.05 Å². The van der Waals surface area contributed by atoms with Gasteiger partial charge in [-0.15, -0.1) is 11.3 Å². The minimum Gasteiger partial charge on any atom is -0.313 e. The highest BCUT2D eigenvalue weighted by molar-refractivity contribution is 9.10. The van der Waals surface area contributed by atoms with Crippen LogP contribution in [0.1, 0.15) is 16.5 Å². The molecule has 0 aliphatic carbocycles. The van der Waals surface area contributed by atoms with Gasteiger partial charge < -0.3 is 5.32 Å². The second-order valence-electron chi connectivity index (χ2n) is 4.79. The highest BCUT2D eigenvalue weighted by Gasteiger charge is 2.15. The first-order valence-corrected chi connectivity index (χ1v) is 8.44. The molecule has 0 bridgehead atoms. The Morgan fingerprint density at radius 2 is 2.10 bits per heavy atom. The monoisotopic (exact) mass is 361 g/mol. The van der Waals surface area contributed by atoms with E-state index in [2.05, 4.69) is 56.1 Å².